The quantitative estimate of drug-likeness (QED) is 0.590. The van der Waals surface area contributed by atoms with Crippen molar-refractivity contribution in [3.05, 3.63) is 0 Å². The minimum absolute atomic E-state index is 0.00605. The summed E-state index contributed by atoms with van der Waals surface area (Å²) in [6.07, 6.45) is 7.10. The van der Waals surface area contributed by atoms with Gasteiger partial charge in [-0.05, 0) is 18.3 Å². The number of nitrogens with two attached hydrogens (primary N) is 1. The van der Waals surface area contributed by atoms with E-state index < -0.39 is 0 Å². The zero-order valence-electron chi connectivity index (χ0n) is 12.7. The topological polar surface area (TPSA) is 55.1 Å². The van der Waals surface area contributed by atoms with Crippen LogP contribution in [0.5, 0.6) is 0 Å². The number of amides is 1. The largest absolute Gasteiger partial charge is 0.355 e. The van der Waals surface area contributed by atoms with Crippen LogP contribution in [-0.2, 0) is 4.79 Å². The third-order valence-corrected chi connectivity index (χ3v) is 3.57. The van der Waals surface area contributed by atoms with Gasteiger partial charge in [0.15, 0.2) is 0 Å². The third kappa shape index (κ3) is 8.51. The lowest BCUT2D eigenvalue weighted by atomic mass is 9.99. The fourth-order valence-corrected chi connectivity index (χ4v) is 1.87. The molecule has 0 saturated heterocycles. The molecular formula is C15H32N2O. The van der Waals surface area contributed by atoms with E-state index in [2.05, 4.69) is 26.1 Å². The molecule has 3 heteroatoms. The monoisotopic (exact) mass is 256 g/mol. The number of hydrogen-bond donors (Lipinski definition) is 2. The lowest BCUT2D eigenvalue weighted by molar-refractivity contribution is -0.123. The molecular weight excluding hydrogens is 224 g/mol. The molecule has 0 spiro atoms. The van der Waals surface area contributed by atoms with Crippen LogP contribution in [0.4, 0.5) is 0 Å². The molecule has 3 N–H and O–H groups in total. The van der Waals surface area contributed by atoms with Gasteiger partial charge in [-0.2, -0.15) is 0 Å². The zero-order valence-corrected chi connectivity index (χ0v) is 12.7. The molecule has 0 bridgehead atoms. The van der Waals surface area contributed by atoms with Crippen LogP contribution in [0.3, 0.4) is 0 Å². The van der Waals surface area contributed by atoms with E-state index in [1.807, 2.05) is 6.92 Å². The summed E-state index contributed by atoms with van der Waals surface area (Å²) in [4.78, 5) is 11.7. The standard InChI is InChI=1S/C15H32N2O/c1-5-13(4)14(16)15(18)17-11-9-7-6-8-10-12(2)3/h12-14H,5-11,16H2,1-4H3,(H,17,18)/t13?,14-/m0/s1. The van der Waals surface area contributed by atoms with Gasteiger partial charge in [-0.1, -0.05) is 59.8 Å². The summed E-state index contributed by atoms with van der Waals surface area (Å²) in [6, 6.07) is -0.351. The van der Waals surface area contributed by atoms with E-state index in [0.717, 1.165) is 25.3 Å². The maximum absolute atomic E-state index is 11.7. The highest BCUT2D eigenvalue weighted by Gasteiger charge is 2.18. The predicted octanol–water partition coefficient (Wildman–Crippen LogP) is 3.08. The molecule has 0 radical (unpaired) electrons. The van der Waals surface area contributed by atoms with E-state index >= 15 is 0 Å². The molecule has 3 nitrogen and oxygen atoms in total. The minimum atomic E-state index is -0.351. The Hall–Kier alpha value is -0.570. The highest BCUT2D eigenvalue weighted by Crippen LogP contribution is 2.09. The van der Waals surface area contributed by atoms with Crippen molar-refractivity contribution < 1.29 is 4.79 Å². The van der Waals surface area contributed by atoms with Crippen molar-refractivity contribution in [2.24, 2.45) is 17.6 Å². The van der Waals surface area contributed by atoms with Crippen LogP contribution in [0.15, 0.2) is 0 Å². The van der Waals surface area contributed by atoms with Crippen LogP contribution in [0.25, 0.3) is 0 Å². The molecule has 18 heavy (non-hydrogen) atoms. The van der Waals surface area contributed by atoms with Crippen LogP contribution in [-0.4, -0.2) is 18.5 Å². The van der Waals surface area contributed by atoms with Gasteiger partial charge < -0.3 is 11.1 Å². The van der Waals surface area contributed by atoms with Gasteiger partial charge in [-0.25, -0.2) is 0 Å². The Morgan fingerprint density at radius 1 is 1.11 bits per heavy atom. The van der Waals surface area contributed by atoms with Crippen molar-refractivity contribution >= 4 is 5.91 Å². The van der Waals surface area contributed by atoms with Gasteiger partial charge in [0.2, 0.25) is 5.91 Å². The van der Waals surface area contributed by atoms with E-state index in [4.69, 9.17) is 5.73 Å². The summed E-state index contributed by atoms with van der Waals surface area (Å²) in [6.45, 7) is 9.38. The average molecular weight is 256 g/mol. The molecule has 0 aliphatic carbocycles. The Bertz CT molecular complexity index is 217. The van der Waals surface area contributed by atoms with Crippen molar-refractivity contribution in [1.82, 2.24) is 5.32 Å². The normalized spacial score (nSPS) is 14.6. The van der Waals surface area contributed by atoms with Gasteiger partial charge in [0.25, 0.3) is 0 Å². The highest BCUT2D eigenvalue weighted by atomic mass is 16.2. The van der Waals surface area contributed by atoms with E-state index in [9.17, 15) is 4.79 Å². The molecule has 0 fully saturated rings. The molecule has 0 aromatic heterocycles. The van der Waals surface area contributed by atoms with Crippen LogP contribution < -0.4 is 11.1 Å². The lowest BCUT2D eigenvalue weighted by Crippen LogP contribution is -2.44. The summed E-state index contributed by atoms with van der Waals surface area (Å²) in [5.41, 5.74) is 5.85. The van der Waals surface area contributed by atoms with Crippen molar-refractivity contribution in [2.75, 3.05) is 6.54 Å². The fourth-order valence-electron chi connectivity index (χ4n) is 1.87. The first-order chi connectivity index (χ1) is 8.49. The Morgan fingerprint density at radius 2 is 1.72 bits per heavy atom. The van der Waals surface area contributed by atoms with Crippen molar-refractivity contribution in [3.63, 3.8) is 0 Å². The van der Waals surface area contributed by atoms with E-state index in [1.54, 1.807) is 0 Å². The lowest BCUT2D eigenvalue weighted by Gasteiger charge is -2.17. The summed E-state index contributed by atoms with van der Waals surface area (Å²) in [5.74, 6) is 1.07. The summed E-state index contributed by atoms with van der Waals surface area (Å²) in [7, 11) is 0. The Morgan fingerprint density at radius 3 is 2.28 bits per heavy atom. The van der Waals surface area contributed by atoms with E-state index in [-0.39, 0.29) is 17.9 Å². The molecule has 0 aliphatic rings. The summed E-state index contributed by atoms with van der Waals surface area (Å²) < 4.78 is 0. The van der Waals surface area contributed by atoms with Gasteiger partial charge in [-0.3, -0.25) is 4.79 Å². The second kappa shape index (κ2) is 10.4. The number of nitrogens with one attached hydrogen (secondary N) is 1. The molecule has 0 aromatic rings. The highest BCUT2D eigenvalue weighted by molar-refractivity contribution is 5.81. The molecule has 0 rings (SSSR count). The van der Waals surface area contributed by atoms with Crippen LogP contribution in [0.2, 0.25) is 0 Å². The predicted molar refractivity (Wildman–Crippen MR) is 78.4 cm³/mol. The van der Waals surface area contributed by atoms with E-state index in [1.165, 1.54) is 25.7 Å². The van der Waals surface area contributed by atoms with Gasteiger partial charge in [-0.15, -0.1) is 0 Å². The maximum atomic E-state index is 11.7. The SMILES string of the molecule is CCC(C)[C@H](N)C(=O)NCCCCCCC(C)C. The first-order valence-electron chi connectivity index (χ1n) is 7.52. The summed E-state index contributed by atoms with van der Waals surface area (Å²) in [5, 5.41) is 2.93. The van der Waals surface area contributed by atoms with Crippen molar-refractivity contribution in [3.8, 4) is 0 Å². The van der Waals surface area contributed by atoms with Crippen LogP contribution in [0, 0.1) is 11.8 Å². The molecule has 0 heterocycles. The Labute approximate surface area is 113 Å². The molecule has 0 saturated carbocycles. The Balaban J connectivity index is 3.46. The number of rotatable bonds is 10. The second-order valence-electron chi connectivity index (χ2n) is 5.80. The van der Waals surface area contributed by atoms with Crippen LogP contribution >= 0.6 is 0 Å². The fraction of sp³-hybridized carbons (Fsp3) is 0.933. The second-order valence-corrected chi connectivity index (χ2v) is 5.80. The van der Waals surface area contributed by atoms with Crippen molar-refractivity contribution in [1.29, 1.82) is 0 Å². The number of carbonyl (C=O) groups is 1. The smallest absolute Gasteiger partial charge is 0.237 e. The molecule has 1 unspecified atom stereocenters. The third-order valence-electron chi connectivity index (χ3n) is 3.57. The molecule has 2 atom stereocenters. The molecule has 1 amide bonds. The Kier molecular flexibility index (Phi) is 10.0. The minimum Gasteiger partial charge on any atom is -0.355 e. The number of unbranched alkanes of at least 4 members (excludes halogenated alkanes) is 3. The van der Waals surface area contributed by atoms with Crippen LogP contribution in [0.1, 0.15) is 66.2 Å². The molecule has 0 aromatic carbocycles. The maximum Gasteiger partial charge on any atom is 0.237 e. The number of carbonyl (C=O) groups excluding carboxylic acids is 1. The first-order valence-corrected chi connectivity index (χ1v) is 7.52. The average Bonchev–Trinajstić information content (AvgIpc) is 2.35. The van der Waals surface area contributed by atoms with Gasteiger partial charge in [0, 0.05) is 6.54 Å². The zero-order chi connectivity index (χ0) is 14.0. The molecule has 108 valence electrons. The summed E-state index contributed by atoms with van der Waals surface area (Å²) >= 11 is 0. The van der Waals surface area contributed by atoms with Gasteiger partial charge in [0.05, 0.1) is 6.04 Å². The first kappa shape index (κ1) is 17.4. The van der Waals surface area contributed by atoms with Crippen molar-refractivity contribution in [2.45, 2.75) is 72.3 Å². The molecule has 0 aliphatic heterocycles. The van der Waals surface area contributed by atoms with E-state index in [0.29, 0.717) is 0 Å². The van der Waals surface area contributed by atoms with Gasteiger partial charge in [0.1, 0.15) is 0 Å². The number of hydrogen-bond acceptors (Lipinski definition) is 2. The van der Waals surface area contributed by atoms with Gasteiger partial charge >= 0.3 is 0 Å².